The van der Waals surface area contributed by atoms with Crippen LogP contribution in [-0.4, -0.2) is 39.0 Å². The van der Waals surface area contributed by atoms with Crippen molar-refractivity contribution in [2.24, 2.45) is 5.92 Å². The first-order valence-corrected chi connectivity index (χ1v) is 8.71. The molecule has 0 aliphatic carbocycles. The summed E-state index contributed by atoms with van der Waals surface area (Å²) in [6.07, 6.45) is 4.74. The lowest BCUT2D eigenvalue weighted by Gasteiger charge is -2.34. The molecule has 1 aromatic heterocycles. The van der Waals surface area contributed by atoms with Gasteiger partial charge in [0.15, 0.2) is 0 Å². The van der Waals surface area contributed by atoms with Gasteiger partial charge in [-0.25, -0.2) is 0 Å². The van der Waals surface area contributed by atoms with Crippen molar-refractivity contribution in [2.45, 2.75) is 45.4 Å². The van der Waals surface area contributed by atoms with Gasteiger partial charge in [0.05, 0.1) is 11.8 Å². The predicted molar refractivity (Wildman–Crippen MR) is 92.1 cm³/mol. The Morgan fingerprint density at radius 1 is 1.17 bits per heavy atom. The minimum atomic E-state index is -0.223. The molecule has 0 bridgehead atoms. The monoisotopic (exact) mass is 313 g/mol. The molecule has 1 aliphatic rings. The molecule has 0 saturated carbocycles. The topological polar surface area (TPSA) is 41.3 Å². The molecule has 0 amide bonds. The van der Waals surface area contributed by atoms with Crippen LogP contribution in [-0.2, 0) is 19.5 Å². The summed E-state index contributed by atoms with van der Waals surface area (Å²) in [6.45, 7) is 6.06. The van der Waals surface area contributed by atoms with E-state index in [4.69, 9.17) is 0 Å². The lowest BCUT2D eigenvalue weighted by atomic mass is 9.88. The van der Waals surface area contributed by atoms with E-state index in [-0.39, 0.29) is 6.10 Å². The van der Waals surface area contributed by atoms with Crippen molar-refractivity contribution < 1.29 is 5.11 Å². The van der Waals surface area contributed by atoms with Gasteiger partial charge in [0.2, 0.25) is 0 Å². The number of aliphatic hydroxyl groups excluding tert-OH is 1. The number of hydrogen-bond acceptors (Lipinski definition) is 3. The van der Waals surface area contributed by atoms with Gasteiger partial charge in [-0.3, -0.25) is 9.58 Å². The highest BCUT2D eigenvalue weighted by atomic mass is 16.3. The smallest absolute Gasteiger partial charge is 0.0764 e. The maximum absolute atomic E-state index is 10.5. The summed E-state index contributed by atoms with van der Waals surface area (Å²) in [4.78, 5) is 2.45. The Balaban J connectivity index is 1.46. The van der Waals surface area contributed by atoms with Crippen LogP contribution in [0.25, 0.3) is 0 Å². The number of nitrogens with zero attached hydrogens (tertiary/aromatic N) is 3. The van der Waals surface area contributed by atoms with Gasteiger partial charge in [-0.15, -0.1) is 0 Å². The van der Waals surface area contributed by atoms with E-state index in [0.29, 0.717) is 5.92 Å². The van der Waals surface area contributed by atoms with Crippen molar-refractivity contribution in [3.63, 3.8) is 0 Å². The SMILES string of the molecule is CCn1ccc(CN2CCC([C@@H](O)Cc3ccccc3)CC2)n1. The molecule has 0 radical (unpaired) electrons. The highest BCUT2D eigenvalue weighted by molar-refractivity contribution is 5.15. The van der Waals surface area contributed by atoms with Crippen molar-refractivity contribution >= 4 is 0 Å². The van der Waals surface area contributed by atoms with E-state index >= 15 is 0 Å². The first kappa shape index (κ1) is 16.2. The van der Waals surface area contributed by atoms with Crippen LogP contribution in [0.15, 0.2) is 42.6 Å². The molecule has 4 nitrogen and oxygen atoms in total. The van der Waals surface area contributed by atoms with Crippen LogP contribution in [0.5, 0.6) is 0 Å². The second kappa shape index (κ2) is 7.75. The Morgan fingerprint density at radius 3 is 2.57 bits per heavy atom. The van der Waals surface area contributed by atoms with Crippen LogP contribution in [0, 0.1) is 5.92 Å². The van der Waals surface area contributed by atoms with Gasteiger partial charge < -0.3 is 5.11 Å². The van der Waals surface area contributed by atoms with E-state index in [0.717, 1.165) is 51.1 Å². The molecule has 2 heterocycles. The van der Waals surface area contributed by atoms with Gasteiger partial charge in [-0.1, -0.05) is 30.3 Å². The number of rotatable bonds is 6. The molecule has 23 heavy (non-hydrogen) atoms. The quantitative estimate of drug-likeness (QED) is 0.891. The van der Waals surface area contributed by atoms with Gasteiger partial charge in [-0.2, -0.15) is 5.10 Å². The summed E-state index contributed by atoms with van der Waals surface area (Å²) >= 11 is 0. The van der Waals surface area contributed by atoms with E-state index in [2.05, 4.69) is 35.1 Å². The van der Waals surface area contributed by atoms with Gasteiger partial charge in [-0.05, 0) is 56.8 Å². The number of hydrogen-bond donors (Lipinski definition) is 1. The van der Waals surface area contributed by atoms with Crippen LogP contribution in [0.3, 0.4) is 0 Å². The minimum Gasteiger partial charge on any atom is -0.392 e. The Kier molecular flexibility index (Phi) is 5.47. The molecule has 0 unspecified atom stereocenters. The highest BCUT2D eigenvalue weighted by Crippen LogP contribution is 2.24. The van der Waals surface area contributed by atoms with Crippen molar-refractivity contribution in [1.29, 1.82) is 0 Å². The lowest BCUT2D eigenvalue weighted by molar-refractivity contribution is 0.0572. The summed E-state index contributed by atoms with van der Waals surface area (Å²) in [7, 11) is 0. The third-order valence-corrected chi connectivity index (χ3v) is 4.87. The molecule has 3 rings (SSSR count). The summed E-state index contributed by atoms with van der Waals surface area (Å²) in [6, 6.07) is 12.4. The van der Waals surface area contributed by atoms with Crippen LogP contribution in [0.4, 0.5) is 0 Å². The summed E-state index contributed by atoms with van der Waals surface area (Å²) in [5, 5.41) is 15.1. The van der Waals surface area contributed by atoms with Crippen molar-refractivity contribution in [3.8, 4) is 0 Å². The summed E-state index contributed by atoms with van der Waals surface area (Å²) < 4.78 is 1.98. The Labute approximate surface area is 138 Å². The molecule has 1 saturated heterocycles. The molecule has 1 aliphatic heterocycles. The highest BCUT2D eigenvalue weighted by Gasteiger charge is 2.25. The van der Waals surface area contributed by atoms with Crippen LogP contribution in [0.2, 0.25) is 0 Å². The molecular weight excluding hydrogens is 286 g/mol. The van der Waals surface area contributed by atoms with Crippen LogP contribution >= 0.6 is 0 Å². The van der Waals surface area contributed by atoms with Crippen molar-refractivity contribution in [2.75, 3.05) is 13.1 Å². The minimum absolute atomic E-state index is 0.223. The molecule has 1 fully saturated rings. The number of aryl methyl sites for hydroxylation is 1. The third kappa shape index (κ3) is 4.43. The summed E-state index contributed by atoms with van der Waals surface area (Å²) in [5.74, 6) is 0.416. The largest absolute Gasteiger partial charge is 0.392 e. The van der Waals surface area contributed by atoms with Gasteiger partial charge in [0.25, 0.3) is 0 Å². The van der Waals surface area contributed by atoms with Gasteiger partial charge >= 0.3 is 0 Å². The number of piperidine rings is 1. The van der Waals surface area contributed by atoms with Gasteiger partial charge in [0, 0.05) is 19.3 Å². The lowest BCUT2D eigenvalue weighted by Crippen LogP contribution is -2.38. The molecule has 4 heteroatoms. The molecular formula is C19H27N3O. The van der Waals surface area contributed by atoms with Crippen LogP contribution < -0.4 is 0 Å². The Hall–Kier alpha value is -1.65. The van der Waals surface area contributed by atoms with E-state index < -0.39 is 0 Å². The molecule has 0 spiro atoms. The van der Waals surface area contributed by atoms with Gasteiger partial charge in [0.1, 0.15) is 0 Å². The standard InChI is InChI=1S/C19H27N3O/c1-2-22-13-10-18(20-22)15-21-11-8-17(9-12-21)19(23)14-16-6-4-3-5-7-16/h3-7,10,13,17,19,23H,2,8-9,11-12,14-15H2,1H3/t19-/m0/s1. The molecule has 124 valence electrons. The maximum Gasteiger partial charge on any atom is 0.0764 e. The van der Waals surface area contributed by atoms with Crippen LogP contribution in [0.1, 0.15) is 31.0 Å². The number of likely N-dealkylation sites (tertiary alicyclic amines) is 1. The Bertz CT molecular complexity index is 588. The number of aliphatic hydroxyl groups is 1. The zero-order valence-electron chi connectivity index (χ0n) is 13.9. The fraction of sp³-hybridized carbons (Fsp3) is 0.526. The zero-order valence-corrected chi connectivity index (χ0v) is 13.9. The fourth-order valence-corrected chi connectivity index (χ4v) is 3.41. The van der Waals surface area contributed by atoms with Crippen molar-refractivity contribution in [3.05, 3.63) is 53.9 Å². The molecule has 2 aromatic rings. The second-order valence-corrected chi connectivity index (χ2v) is 6.53. The number of benzene rings is 1. The average molecular weight is 313 g/mol. The first-order valence-electron chi connectivity index (χ1n) is 8.71. The van der Waals surface area contributed by atoms with Crippen molar-refractivity contribution in [1.82, 2.24) is 14.7 Å². The summed E-state index contributed by atoms with van der Waals surface area (Å²) in [5.41, 5.74) is 2.38. The fourth-order valence-electron chi connectivity index (χ4n) is 3.41. The first-order chi connectivity index (χ1) is 11.2. The number of aromatic nitrogens is 2. The maximum atomic E-state index is 10.5. The van der Waals surface area contributed by atoms with E-state index in [1.165, 1.54) is 5.56 Å². The van der Waals surface area contributed by atoms with E-state index in [1.54, 1.807) is 0 Å². The van der Waals surface area contributed by atoms with E-state index in [1.807, 2.05) is 29.1 Å². The zero-order chi connectivity index (χ0) is 16.1. The predicted octanol–water partition coefficient (Wildman–Crippen LogP) is 2.72. The average Bonchev–Trinajstić information content (AvgIpc) is 3.04. The van der Waals surface area contributed by atoms with E-state index in [9.17, 15) is 5.11 Å². The Morgan fingerprint density at radius 2 is 1.91 bits per heavy atom. The molecule has 1 atom stereocenters. The normalized spacial score (nSPS) is 18.2. The third-order valence-electron chi connectivity index (χ3n) is 4.87. The second-order valence-electron chi connectivity index (χ2n) is 6.53. The molecule has 1 aromatic carbocycles. The molecule has 1 N–H and O–H groups in total.